The van der Waals surface area contributed by atoms with E-state index in [1.54, 1.807) is 30.6 Å². The van der Waals surface area contributed by atoms with Crippen molar-refractivity contribution in [2.45, 2.75) is 6.54 Å². The van der Waals surface area contributed by atoms with Crippen molar-refractivity contribution in [1.29, 1.82) is 0 Å². The van der Waals surface area contributed by atoms with Crippen LogP contribution in [0.2, 0.25) is 0 Å². The molecule has 0 aliphatic heterocycles. The number of halogens is 2. The minimum Gasteiger partial charge on any atom is -0.299 e. The van der Waals surface area contributed by atoms with Crippen LogP contribution in [-0.2, 0) is 6.54 Å². The van der Waals surface area contributed by atoms with Crippen LogP contribution in [0.15, 0.2) is 78.0 Å². The lowest BCUT2D eigenvalue weighted by molar-refractivity contribution is 0.545. The Morgan fingerprint density at radius 2 is 1.60 bits per heavy atom. The van der Waals surface area contributed by atoms with Gasteiger partial charge in [-0.05, 0) is 53.6 Å². The summed E-state index contributed by atoms with van der Waals surface area (Å²) < 4.78 is 31.1. The number of aromatic nitrogens is 4. The largest absolute Gasteiger partial charge is 0.299 e. The van der Waals surface area contributed by atoms with Crippen LogP contribution in [-0.4, -0.2) is 19.5 Å². The third-order valence-corrected chi connectivity index (χ3v) is 5.01. The standard InChI is InChI=1S/C23H14F2N4O/c24-18-10-16(14-5-6-20-15(9-14)3-1-7-26-20)11-19(25)17(18)13-29-21-4-2-8-27-23(21)28-12-22(29)30/h1-12H,13H2. The van der Waals surface area contributed by atoms with Crippen molar-refractivity contribution in [2.75, 3.05) is 0 Å². The summed E-state index contributed by atoms with van der Waals surface area (Å²) in [6, 6.07) is 15.0. The lowest BCUT2D eigenvalue weighted by Crippen LogP contribution is -2.22. The number of fused-ring (bicyclic) bond motifs is 2. The Labute approximate surface area is 169 Å². The number of pyridine rings is 2. The third-order valence-electron chi connectivity index (χ3n) is 5.01. The zero-order valence-corrected chi connectivity index (χ0v) is 15.6. The molecule has 0 atom stereocenters. The maximum Gasteiger partial charge on any atom is 0.269 e. The van der Waals surface area contributed by atoms with E-state index in [-0.39, 0.29) is 12.1 Å². The molecular formula is C23H14F2N4O. The van der Waals surface area contributed by atoms with Crippen LogP contribution in [0.25, 0.3) is 33.2 Å². The highest BCUT2D eigenvalue weighted by Crippen LogP contribution is 2.27. The highest BCUT2D eigenvalue weighted by atomic mass is 19.1. The van der Waals surface area contributed by atoms with Crippen molar-refractivity contribution in [2.24, 2.45) is 0 Å². The molecule has 5 aromatic rings. The summed E-state index contributed by atoms with van der Waals surface area (Å²) in [6.07, 6.45) is 4.33. The summed E-state index contributed by atoms with van der Waals surface area (Å²) in [5.41, 5.74) is 1.98. The lowest BCUT2D eigenvalue weighted by atomic mass is 10.0. The molecule has 0 saturated carbocycles. The van der Waals surface area contributed by atoms with Crippen molar-refractivity contribution in [3.63, 3.8) is 0 Å². The Morgan fingerprint density at radius 3 is 2.43 bits per heavy atom. The molecule has 0 aliphatic rings. The van der Waals surface area contributed by atoms with Gasteiger partial charge in [-0.2, -0.15) is 0 Å². The summed E-state index contributed by atoms with van der Waals surface area (Å²) in [5, 5.41) is 0.877. The van der Waals surface area contributed by atoms with E-state index in [2.05, 4.69) is 15.0 Å². The molecule has 2 aromatic carbocycles. The predicted molar refractivity (Wildman–Crippen MR) is 110 cm³/mol. The molecule has 0 spiro atoms. The van der Waals surface area contributed by atoms with Crippen molar-refractivity contribution in [3.05, 3.63) is 101 Å². The maximum absolute atomic E-state index is 14.9. The first-order valence-corrected chi connectivity index (χ1v) is 9.24. The first-order chi connectivity index (χ1) is 14.6. The molecule has 5 rings (SSSR count). The molecule has 30 heavy (non-hydrogen) atoms. The van der Waals surface area contributed by atoms with Gasteiger partial charge in [0, 0.05) is 23.3 Å². The fourth-order valence-corrected chi connectivity index (χ4v) is 3.50. The van der Waals surface area contributed by atoms with E-state index in [1.165, 1.54) is 16.7 Å². The average molecular weight is 400 g/mol. The average Bonchev–Trinajstić information content (AvgIpc) is 2.77. The normalized spacial score (nSPS) is 11.3. The fraction of sp³-hybridized carbons (Fsp3) is 0.0435. The van der Waals surface area contributed by atoms with Gasteiger partial charge in [0.1, 0.15) is 11.6 Å². The van der Waals surface area contributed by atoms with E-state index >= 15 is 0 Å². The monoisotopic (exact) mass is 400 g/mol. The smallest absolute Gasteiger partial charge is 0.269 e. The second-order valence-corrected chi connectivity index (χ2v) is 6.86. The second-order valence-electron chi connectivity index (χ2n) is 6.86. The zero-order chi connectivity index (χ0) is 20.7. The summed E-state index contributed by atoms with van der Waals surface area (Å²) in [4.78, 5) is 24.6. The van der Waals surface area contributed by atoms with Gasteiger partial charge in [0.05, 0.1) is 23.8 Å². The summed E-state index contributed by atoms with van der Waals surface area (Å²) in [7, 11) is 0. The Bertz CT molecular complexity index is 1460. The summed E-state index contributed by atoms with van der Waals surface area (Å²) in [5.74, 6) is -1.45. The minimum atomic E-state index is -0.725. The first kappa shape index (κ1) is 18.1. The Morgan fingerprint density at radius 1 is 0.833 bits per heavy atom. The van der Waals surface area contributed by atoms with Crippen molar-refractivity contribution in [1.82, 2.24) is 19.5 Å². The fourth-order valence-electron chi connectivity index (χ4n) is 3.50. The highest BCUT2D eigenvalue weighted by molar-refractivity contribution is 5.84. The predicted octanol–water partition coefficient (Wildman–Crippen LogP) is 4.33. The first-order valence-electron chi connectivity index (χ1n) is 9.24. The minimum absolute atomic E-state index is 0.195. The molecule has 0 N–H and O–H groups in total. The zero-order valence-electron chi connectivity index (χ0n) is 15.6. The van der Waals surface area contributed by atoms with Gasteiger partial charge in [-0.25, -0.2) is 18.7 Å². The van der Waals surface area contributed by atoms with Gasteiger partial charge in [0.25, 0.3) is 5.56 Å². The molecule has 0 fully saturated rings. The Kier molecular flexibility index (Phi) is 4.28. The Balaban J connectivity index is 1.58. The van der Waals surface area contributed by atoms with Gasteiger partial charge in [-0.15, -0.1) is 0 Å². The van der Waals surface area contributed by atoms with E-state index in [0.29, 0.717) is 22.3 Å². The SMILES string of the molecule is O=c1cnc2ncccc2n1Cc1c(F)cc(-c2ccc3ncccc3c2)cc1F. The van der Waals surface area contributed by atoms with E-state index in [4.69, 9.17) is 0 Å². The topological polar surface area (TPSA) is 60.7 Å². The van der Waals surface area contributed by atoms with Crippen LogP contribution in [0.5, 0.6) is 0 Å². The number of rotatable bonds is 3. The maximum atomic E-state index is 14.9. The van der Waals surface area contributed by atoms with E-state index in [0.717, 1.165) is 17.1 Å². The molecule has 146 valence electrons. The number of hydrogen-bond acceptors (Lipinski definition) is 4. The van der Waals surface area contributed by atoms with Gasteiger partial charge >= 0.3 is 0 Å². The number of hydrogen-bond donors (Lipinski definition) is 0. The van der Waals surface area contributed by atoms with Crippen LogP contribution in [0.3, 0.4) is 0 Å². The van der Waals surface area contributed by atoms with Crippen molar-refractivity contribution < 1.29 is 8.78 Å². The second kappa shape index (κ2) is 7.11. The van der Waals surface area contributed by atoms with Crippen LogP contribution in [0.4, 0.5) is 8.78 Å². The van der Waals surface area contributed by atoms with Gasteiger partial charge in [0.2, 0.25) is 0 Å². The Hall–Kier alpha value is -4.00. The molecule has 0 saturated heterocycles. The summed E-state index contributed by atoms with van der Waals surface area (Å²) in [6.45, 7) is -0.261. The molecule has 0 bridgehead atoms. The van der Waals surface area contributed by atoms with Crippen molar-refractivity contribution >= 4 is 22.1 Å². The van der Waals surface area contributed by atoms with E-state index in [9.17, 15) is 13.6 Å². The molecule has 0 radical (unpaired) electrons. The van der Waals surface area contributed by atoms with Crippen LogP contribution < -0.4 is 5.56 Å². The number of nitrogens with zero attached hydrogens (tertiary/aromatic N) is 4. The molecule has 7 heteroatoms. The third kappa shape index (κ3) is 3.10. The number of benzene rings is 2. The van der Waals surface area contributed by atoms with Crippen molar-refractivity contribution in [3.8, 4) is 11.1 Å². The quantitative estimate of drug-likeness (QED) is 0.452. The van der Waals surface area contributed by atoms with Crippen LogP contribution >= 0.6 is 0 Å². The van der Waals surface area contributed by atoms with Gasteiger partial charge < -0.3 is 0 Å². The van der Waals surface area contributed by atoms with E-state index in [1.807, 2.05) is 24.3 Å². The lowest BCUT2D eigenvalue weighted by Gasteiger charge is -2.12. The highest BCUT2D eigenvalue weighted by Gasteiger charge is 2.15. The van der Waals surface area contributed by atoms with Crippen LogP contribution in [0.1, 0.15) is 5.56 Å². The molecule has 3 heterocycles. The van der Waals surface area contributed by atoms with Gasteiger partial charge in [0.15, 0.2) is 5.65 Å². The van der Waals surface area contributed by atoms with Gasteiger partial charge in [-0.3, -0.25) is 14.3 Å². The molecule has 0 aliphatic carbocycles. The van der Waals surface area contributed by atoms with Gasteiger partial charge in [-0.1, -0.05) is 12.1 Å². The molecular weight excluding hydrogens is 386 g/mol. The molecule has 3 aromatic heterocycles. The molecule has 0 unspecified atom stereocenters. The molecule has 0 amide bonds. The molecule has 5 nitrogen and oxygen atoms in total. The van der Waals surface area contributed by atoms with Crippen LogP contribution in [0, 0.1) is 11.6 Å². The van der Waals surface area contributed by atoms with E-state index < -0.39 is 17.2 Å². The summed E-state index contributed by atoms with van der Waals surface area (Å²) >= 11 is 0.